The lowest BCUT2D eigenvalue weighted by atomic mass is 10.1. The van der Waals surface area contributed by atoms with Crippen molar-refractivity contribution in [2.24, 2.45) is 0 Å². The molecule has 1 aromatic carbocycles. The third-order valence-corrected chi connectivity index (χ3v) is 2.57. The molecule has 0 unspecified atom stereocenters. The van der Waals surface area contributed by atoms with Crippen LogP contribution in [-0.4, -0.2) is 30.4 Å². The highest BCUT2D eigenvalue weighted by Crippen LogP contribution is 2.31. The maximum absolute atomic E-state index is 10.8. The number of ether oxygens (including phenoxy) is 3. The number of hydrogen-bond donors (Lipinski definition) is 0. The van der Waals surface area contributed by atoms with Gasteiger partial charge in [-0.3, -0.25) is 4.79 Å². The Bertz CT molecular complexity index is 611. The van der Waals surface area contributed by atoms with Gasteiger partial charge < -0.3 is 14.2 Å². The molecule has 6 heteroatoms. The van der Waals surface area contributed by atoms with Gasteiger partial charge in [0.25, 0.3) is 0 Å². The summed E-state index contributed by atoms with van der Waals surface area (Å²) in [5.41, 5.74) is 1.46. The molecule has 0 aliphatic rings. The Balaban J connectivity index is 2.29. The molecule has 0 saturated carbocycles. The van der Waals surface area contributed by atoms with Gasteiger partial charge in [-0.05, 0) is 24.3 Å². The highest BCUT2D eigenvalue weighted by Gasteiger charge is 2.08. The second-order valence-corrected chi connectivity index (χ2v) is 3.92. The van der Waals surface area contributed by atoms with Crippen molar-refractivity contribution in [3.05, 3.63) is 30.3 Å². The minimum absolute atomic E-state index is 0.168. The molecule has 20 heavy (non-hydrogen) atoms. The molecular formula is C14H14N2O4. The number of carbonyl (C=O) groups is 1. The van der Waals surface area contributed by atoms with E-state index in [1.54, 1.807) is 38.5 Å². The summed E-state index contributed by atoms with van der Waals surface area (Å²) in [5, 5.41) is 7.84. The average molecular weight is 274 g/mol. The summed E-state index contributed by atoms with van der Waals surface area (Å²) >= 11 is 0. The maximum atomic E-state index is 10.8. The van der Waals surface area contributed by atoms with Gasteiger partial charge in [0, 0.05) is 18.6 Å². The van der Waals surface area contributed by atoms with Crippen LogP contribution in [0, 0.1) is 0 Å². The molecule has 1 aromatic heterocycles. The van der Waals surface area contributed by atoms with Gasteiger partial charge in [0.15, 0.2) is 11.5 Å². The van der Waals surface area contributed by atoms with E-state index >= 15 is 0 Å². The standard InChI is InChI=1S/C14H14N2O4/c1-9(17)20-14-7-5-11(15-16-14)10-4-6-12(18-2)13(8-10)19-3/h4-8H,1-3H3. The van der Waals surface area contributed by atoms with Gasteiger partial charge in [-0.15, -0.1) is 10.2 Å². The molecule has 0 bridgehead atoms. The molecule has 0 saturated heterocycles. The lowest BCUT2D eigenvalue weighted by molar-refractivity contribution is -0.132. The predicted octanol–water partition coefficient (Wildman–Crippen LogP) is 2.09. The Kier molecular flexibility index (Phi) is 4.14. The van der Waals surface area contributed by atoms with Crippen LogP contribution in [0.25, 0.3) is 11.3 Å². The molecule has 0 aliphatic carbocycles. The van der Waals surface area contributed by atoms with Gasteiger partial charge in [-0.25, -0.2) is 0 Å². The van der Waals surface area contributed by atoms with Crippen molar-refractivity contribution in [2.45, 2.75) is 6.92 Å². The van der Waals surface area contributed by atoms with Crippen molar-refractivity contribution in [2.75, 3.05) is 14.2 Å². The van der Waals surface area contributed by atoms with Crippen molar-refractivity contribution >= 4 is 5.97 Å². The van der Waals surface area contributed by atoms with Crippen LogP contribution in [0.5, 0.6) is 17.4 Å². The number of aromatic nitrogens is 2. The molecule has 0 fully saturated rings. The van der Waals surface area contributed by atoms with E-state index in [1.807, 2.05) is 6.07 Å². The first kappa shape index (κ1) is 13.8. The fourth-order valence-electron chi connectivity index (χ4n) is 1.67. The first-order valence-electron chi connectivity index (χ1n) is 5.88. The molecule has 6 nitrogen and oxygen atoms in total. The number of carbonyl (C=O) groups excluding carboxylic acids is 1. The van der Waals surface area contributed by atoms with Crippen molar-refractivity contribution in [1.82, 2.24) is 10.2 Å². The third-order valence-electron chi connectivity index (χ3n) is 2.57. The van der Waals surface area contributed by atoms with Crippen LogP contribution in [0.1, 0.15) is 6.92 Å². The summed E-state index contributed by atoms with van der Waals surface area (Å²) in [6, 6.07) is 8.73. The van der Waals surface area contributed by atoms with Gasteiger partial charge in [-0.2, -0.15) is 0 Å². The molecule has 0 radical (unpaired) electrons. The summed E-state index contributed by atoms with van der Waals surface area (Å²) in [6.07, 6.45) is 0. The molecule has 1 heterocycles. The van der Waals surface area contributed by atoms with E-state index in [0.717, 1.165) is 5.56 Å². The third kappa shape index (κ3) is 3.03. The fourth-order valence-corrected chi connectivity index (χ4v) is 1.67. The SMILES string of the molecule is COc1ccc(-c2ccc(OC(C)=O)nn2)cc1OC. The van der Waals surface area contributed by atoms with Gasteiger partial charge in [-0.1, -0.05) is 0 Å². The normalized spacial score (nSPS) is 9.95. The minimum atomic E-state index is -0.432. The van der Waals surface area contributed by atoms with Crippen molar-refractivity contribution in [1.29, 1.82) is 0 Å². The zero-order chi connectivity index (χ0) is 14.5. The molecule has 2 aromatic rings. The van der Waals surface area contributed by atoms with Crippen LogP contribution in [0.3, 0.4) is 0 Å². The first-order valence-corrected chi connectivity index (χ1v) is 5.88. The van der Waals surface area contributed by atoms with Crippen LogP contribution in [0.15, 0.2) is 30.3 Å². The second-order valence-electron chi connectivity index (χ2n) is 3.92. The van der Waals surface area contributed by atoms with E-state index in [0.29, 0.717) is 17.2 Å². The molecule has 0 amide bonds. The van der Waals surface area contributed by atoms with Gasteiger partial charge in [0.2, 0.25) is 5.88 Å². The molecule has 0 aliphatic heterocycles. The van der Waals surface area contributed by atoms with E-state index in [-0.39, 0.29) is 5.88 Å². The van der Waals surface area contributed by atoms with E-state index in [2.05, 4.69) is 10.2 Å². The van der Waals surface area contributed by atoms with Crippen LogP contribution in [0.2, 0.25) is 0 Å². The first-order chi connectivity index (χ1) is 9.63. The highest BCUT2D eigenvalue weighted by molar-refractivity contribution is 5.69. The number of esters is 1. The zero-order valence-corrected chi connectivity index (χ0v) is 11.4. The van der Waals surface area contributed by atoms with E-state index in [4.69, 9.17) is 14.2 Å². The summed E-state index contributed by atoms with van der Waals surface area (Å²) in [5.74, 6) is 0.983. The van der Waals surface area contributed by atoms with Crippen LogP contribution >= 0.6 is 0 Å². The van der Waals surface area contributed by atoms with Crippen LogP contribution in [0.4, 0.5) is 0 Å². The summed E-state index contributed by atoms with van der Waals surface area (Å²) in [4.78, 5) is 10.8. The Morgan fingerprint density at radius 1 is 1.00 bits per heavy atom. The molecule has 0 spiro atoms. The second kappa shape index (κ2) is 6.01. The number of hydrogen-bond acceptors (Lipinski definition) is 6. The van der Waals surface area contributed by atoms with Crippen LogP contribution < -0.4 is 14.2 Å². The highest BCUT2D eigenvalue weighted by atomic mass is 16.5. The van der Waals surface area contributed by atoms with Gasteiger partial charge >= 0.3 is 5.97 Å². The van der Waals surface area contributed by atoms with E-state index in [1.165, 1.54) is 6.92 Å². The van der Waals surface area contributed by atoms with E-state index < -0.39 is 5.97 Å². The number of rotatable bonds is 4. The average Bonchev–Trinajstić information content (AvgIpc) is 2.46. The quantitative estimate of drug-likeness (QED) is 0.795. The maximum Gasteiger partial charge on any atom is 0.309 e. The number of nitrogens with zero attached hydrogens (tertiary/aromatic N) is 2. The van der Waals surface area contributed by atoms with Crippen molar-refractivity contribution < 1.29 is 19.0 Å². The minimum Gasteiger partial charge on any atom is -0.493 e. The van der Waals surface area contributed by atoms with Crippen LogP contribution in [-0.2, 0) is 4.79 Å². The Hall–Kier alpha value is -2.63. The molecule has 0 N–H and O–H groups in total. The lowest BCUT2D eigenvalue weighted by Crippen LogP contribution is -2.03. The predicted molar refractivity (Wildman–Crippen MR) is 71.9 cm³/mol. The monoisotopic (exact) mass is 274 g/mol. The van der Waals surface area contributed by atoms with Crippen molar-refractivity contribution in [3.8, 4) is 28.6 Å². The topological polar surface area (TPSA) is 70.5 Å². The Labute approximate surface area is 116 Å². The summed E-state index contributed by atoms with van der Waals surface area (Å²) in [6.45, 7) is 1.31. The van der Waals surface area contributed by atoms with Crippen molar-refractivity contribution in [3.63, 3.8) is 0 Å². The molecular weight excluding hydrogens is 260 g/mol. The summed E-state index contributed by atoms with van der Waals surface area (Å²) < 4.78 is 15.2. The molecule has 104 valence electrons. The van der Waals surface area contributed by atoms with E-state index in [9.17, 15) is 4.79 Å². The number of methoxy groups -OCH3 is 2. The van der Waals surface area contributed by atoms with Gasteiger partial charge in [0.05, 0.1) is 19.9 Å². The zero-order valence-electron chi connectivity index (χ0n) is 11.4. The largest absolute Gasteiger partial charge is 0.493 e. The summed E-state index contributed by atoms with van der Waals surface area (Å²) in [7, 11) is 3.14. The molecule has 0 atom stereocenters. The number of benzene rings is 1. The lowest BCUT2D eigenvalue weighted by Gasteiger charge is -2.09. The smallest absolute Gasteiger partial charge is 0.309 e. The van der Waals surface area contributed by atoms with Gasteiger partial charge in [0.1, 0.15) is 0 Å². The Morgan fingerprint density at radius 2 is 1.75 bits per heavy atom. The fraction of sp³-hybridized carbons (Fsp3) is 0.214. The Morgan fingerprint density at radius 3 is 2.30 bits per heavy atom. The molecule has 2 rings (SSSR count).